The topological polar surface area (TPSA) is 68.3 Å². The second-order valence-corrected chi connectivity index (χ2v) is 9.40. The van der Waals surface area contributed by atoms with Gasteiger partial charge in [-0.25, -0.2) is 16.8 Å². The van der Waals surface area contributed by atoms with Crippen LogP contribution in [-0.4, -0.2) is 28.3 Å². The molecule has 0 saturated carbocycles. The van der Waals surface area contributed by atoms with Gasteiger partial charge in [-0.2, -0.15) is 0 Å². The van der Waals surface area contributed by atoms with Crippen molar-refractivity contribution in [1.82, 2.24) is 0 Å². The maximum atomic E-state index is 11.8. The van der Waals surface area contributed by atoms with Crippen LogP contribution < -0.4 is 0 Å². The van der Waals surface area contributed by atoms with Crippen molar-refractivity contribution in [2.75, 3.05) is 11.5 Å². The van der Waals surface area contributed by atoms with Gasteiger partial charge in [-0.1, -0.05) is 20.8 Å². The van der Waals surface area contributed by atoms with Gasteiger partial charge in [-0.05, 0) is 12.5 Å². The van der Waals surface area contributed by atoms with Crippen molar-refractivity contribution >= 4 is 31.0 Å². The van der Waals surface area contributed by atoms with Crippen molar-refractivity contribution in [3.05, 3.63) is 10.9 Å². The second kappa shape index (κ2) is 5.07. The molecular formula is C10H16O4S3. The third-order valence-electron chi connectivity index (χ3n) is 2.47. The molecule has 1 heterocycles. The fourth-order valence-corrected chi connectivity index (χ4v) is 5.57. The number of sulfone groups is 2. The van der Waals surface area contributed by atoms with Gasteiger partial charge in [0, 0.05) is 4.88 Å². The largest absolute Gasteiger partial charge is 0.224 e. The lowest BCUT2D eigenvalue weighted by Gasteiger charge is -1.99. The summed E-state index contributed by atoms with van der Waals surface area (Å²) >= 11 is 1.07. The Bertz CT molecular complexity index is 593. The number of hydrogen-bond acceptors (Lipinski definition) is 5. The molecule has 1 aromatic heterocycles. The molecule has 0 atom stereocenters. The Balaban J connectivity index is 3.46. The standard InChI is InChI=1S/C10H16O4S3/c1-4-8-9(16(11,12)5-2)7-10(15-8)17(13,14)6-3/h7H,4-6H2,1-3H3. The molecule has 7 heteroatoms. The Hall–Kier alpha value is -0.400. The van der Waals surface area contributed by atoms with Crippen molar-refractivity contribution < 1.29 is 16.8 Å². The van der Waals surface area contributed by atoms with E-state index in [1.54, 1.807) is 13.8 Å². The number of hydrogen-bond donors (Lipinski definition) is 0. The van der Waals surface area contributed by atoms with E-state index in [0.29, 0.717) is 11.3 Å². The molecule has 0 N–H and O–H groups in total. The molecule has 4 nitrogen and oxygen atoms in total. The molecular weight excluding hydrogens is 280 g/mol. The highest BCUT2D eigenvalue weighted by atomic mass is 32.2. The van der Waals surface area contributed by atoms with Crippen LogP contribution in [0.3, 0.4) is 0 Å². The number of aryl methyl sites for hydroxylation is 1. The van der Waals surface area contributed by atoms with Crippen LogP contribution in [0.1, 0.15) is 25.6 Å². The van der Waals surface area contributed by atoms with E-state index in [2.05, 4.69) is 0 Å². The van der Waals surface area contributed by atoms with Crippen LogP contribution in [0, 0.1) is 0 Å². The molecule has 0 spiro atoms. The van der Waals surface area contributed by atoms with Gasteiger partial charge in [-0.3, -0.25) is 0 Å². The lowest BCUT2D eigenvalue weighted by Crippen LogP contribution is -2.05. The van der Waals surface area contributed by atoms with Gasteiger partial charge in [0.05, 0.1) is 16.4 Å². The van der Waals surface area contributed by atoms with Crippen molar-refractivity contribution in [1.29, 1.82) is 0 Å². The van der Waals surface area contributed by atoms with E-state index >= 15 is 0 Å². The smallest absolute Gasteiger partial charge is 0.187 e. The zero-order valence-electron chi connectivity index (χ0n) is 10.1. The third kappa shape index (κ3) is 2.89. The normalized spacial score (nSPS) is 12.9. The molecule has 0 bridgehead atoms. The van der Waals surface area contributed by atoms with E-state index in [4.69, 9.17) is 0 Å². The monoisotopic (exact) mass is 296 g/mol. The van der Waals surface area contributed by atoms with Crippen LogP contribution in [0.5, 0.6) is 0 Å². The van der Waals surface area contributed by atoms with E-state index in [-0.39, 0.29) is 20.6 Å². The molecule has 0 aliphatic carbocycles. The molecule has 17 heavy (non-hydrogen) atoms. The van der Waals surface area contributed by atoms with Crippen LogP contribution in [0.15, 0.2) is 15.2 Å². The summed E-state index contributed by atoms with van der Waals surface area (Å²) in [5, 5.41) is 0. The molecule has 0 aliphatic heterocycles. The molecule has 0 saturated heterocycles. The Morgan fingerprint density at radius 2 is 1.53 bits per heavy atom. The Kier molecular flexibility index (Phi) is 4.38. The first kappa shape index (κ1) is 14.7. The minimum absolute atomic E-state index is 0.0116. The predicted octanol–water partition coefficient (Wildman–Crippen LogP) is 1.90. The first-order valence-electron chi connectivity index (χ1n) is 5.36. The van der Waals surface area contributed by atoms with Crippen LogP contribution >= 0.6 is 11.3 Å². The molecule has 0 radical (unpaired) electrons. The Labute approximate surface area is 107 Å². The van der Waals surface area contributed by atoms with Crippen molar-refractivity contribution in [3.63, 3.8) is 0 Å². The third-order valence-corrected chi connectivity index (χ3v) is 7.97. The molecule has 0 fully saturated rings. The first-order chi connectivity index (χ1) is 7.78. The van der Waals surface area contributed by atoms with Gasteiger partial charge in [0.15, 0.2) is 19.7 Å². The highest BCUT2D eigenvalue weighted by Gasteiger charge is 2.24. The first-order valence-corrected chi connectivity index (χ1v) is 9.48. The summed E-state index contributed by atoms with van der Waals surface area (Å²) in [5.41, 5.74) is 0. The summed E-state index contributed by atoms with van der Waals surface area (Å²) in [6.07, 6.45) is 0.526. The van der Waals surface area contributed by atoms with Crippen molar-refractivity contribution in [2.45, 2.75) is 36.3 Å². The SMILES string of the molecule is CCc1sc(S(=O)(=O)CC)cc1S(=O)(=O)CC. The Morgan fingerprint density at radius 3 is 1.94 bits per heavy atom. The minimum Gasteiger partial charge on any atom is -0.224 e. The van der Waals surface area contributed by atoms with Gasteiger partial charge < -0.3 is 0 Å². The van der Waals surface area contributed by atoms with Crippen LogP contribution in [0.2, 0.25) is 0 Å². The lowest BCUT2D eigenvalue weighted by atomic mass is 10.4. The summed E-state index contributed by atoms with van der Waals surface area (Å²) in [6.45, 7) is 4.93. The molecule has 1 rings (SSSR count). The molecule has 98 valence electrons. The zero-order valence-corrected chi connectivity index (χ0v) is 12.5. The van der Waals surface area contributed by atoms with E-state index in [0.717, 1.165) is 11.3 Å². The summed E-state index contributed by atoms with van der Waals surface area (Å²) in [4.78, 5) is 0.804. The van der Waals surface area contributed by atoms with Crippen LogP contribution in [0.4, 0.5) is 0 Å². The number of thiophene rings is 1. The van der Waals surface area contributed by atoms with Gasteiger partial charge in [0.25, 0.3) is 0 Å². The predicted molar refractivity (Wildman–Crippen MR) is 69.2 cm³/mol. The summed E-state index contributed by atoms with van der Waals surface area (Å²) in [5.74, 6) is -0.0232. The van der Waals surface area contributed by atoms with Crippen LogP contribution in [-0.2, 0) is 26.1 Å². The fourth-order valence-electron chi connectivity index (χ4n) is 1.35. The molecule has 0 aromatic carbocycles. The number of rotatable bonds is 5. The molecule has 0 unspecified atom stereocenters. The van der Waals surface area contributed by atoms with Crippen molar-refractivity contribution in [3.8, 4) is 0 Å². The molecule has 0 amide bonds. The second-order valence-electron chi connectivity index (χ2n) is 3.51. The van der Waals surface area contributed by atoms with E-state index in [9.17, 15) is 16.8 Å². The summed E-state index contributed by atoms with van der Waals surface area (Å²) in [7, 11) is -6.67. The average molecular weight is 296 g/mol. The van der Waals surface area contributed by atoms with Crippen LogP contribution in [0.25, 0.3) is 0 Å². The molecule has 0 aliphatic rings. The van der Waals surface area contributed by atoms with E-state index in [1.165, 1.54) is 6.07 Å². The average Bonchev–Trinajstić information content (AvgIpc) is 2.74. The van der Waals surface area contributed by atoms with Crippen molar-refractivity contribution in [2.24, 2.45) is 0 Å². The van der Waals surface area contributed by atoms with Gasteiger partial charge >= 0.3 is 0 Å². The summed E-state index contributed by atoms with van der Waals surface area (Å²) in [6, 6.07) is 1.31. The summed E-state index contributed by atoms with van der Waals surface area (Å²) < 4.78 is 47.2. The van der Waals surface area contributed by atoms with E-state index < -0.39 is 19.7 Å². The molecule has 1 aromatic rings. The highest BCUT2D eigenvalue weighted by Crippen LogP contribution is 2.31. The lowest BCUT2D eigenvalue weighted by molar-refractivity contribution is 0.596. The van der Waals surface area contributed by atoms with Gasteiger partial charge in [-0.15, -0.1) is 11.3 Å². The van der Waals surface area contributed by atoms with Gasteiger partial charge in [0.2, 0.25) is 0 Å². The Morgan fingerprint density at radius 1 is 1.00 bits per heavy atom. The maximum Gasteiger partial charge on any atom is 0.187 e. The highest BCUT2D eigenvalue weighted by molar-refractivity contribution is 7.94. The maximum absolute atomic E-state index is 11.8. The zero-order chi connectivity index (χ0) is 13.3. The quantitative estimate of drug-likeness (QED) is 0.832. The van der Waals surface area contributed by atoms with Gasteiger partial charge in [0.1, 0.15) is 4.21 Å². The van der Waals surface area contributed by atoms with E-state index in [1.807, 2.05) is 6.92 Å². The minimum atomic E-state index is -3.34. The fraction of sp³-hybridized carbons (Fsp3) is 0.600.